The Morgan fingerprint density at radius 2 is 2.27 bits per heavy atom. The maximum absolute atomic E-state index is 12.2. The van der Waals surface area contributed by atoms with Crippen LogP contribution >= 0.6 is 22.9 Å². The molecular formula is C6H5ClF2OS. The van der Waals surface area contributed by atoms with Gasteiger partial charge >= 0.3 is 5.38 Å². The van der Waals surface area contributed by atoms with Crippen molar-refractivity contribution >= 4 is 22.9 Å². The van der Waals surface area contributed by atoms with Gasteiger partial charge in [0.05, 0.1) is 0 Å². The molecule has 62 valence electrons. The van der Waals surface area contributed by atoms with Gasteiger partial charge in [0.2, 0.25) is 0 Å². The Kier molecular flexibility index (Phi) is 2.47. The summed E-state index contributed by atoms with van der Waals surface area (Å²) < 4.78 is 24.4. The van der Waals surface area contributed by atoms with Crippen molar-refractivity contribution in [3.8, 4) is 0 Å². The monoisotopic (exact) mass is 198 g/mol. The van der Waals surface area contributed by atoms with Gasteiger partial charge in [0.1, 0.15) is 0 Å². The number of hydrogen-bond donors (Lipinski definition) is 1. The van der Waals surface area contributed by atoms with Gasteiger partial charge in [-0.25, -0.2) is 0 Å². The highest BCUT2D eigenvalue weighted by Crippen LogP contribution is 2.35. The van der Waals surface area contributed by atoms with Crippen molar-refractivity contribution in [1.29, 1.82) is 0 Å². The first kappa shape index (κ1) is 8.90. The Morgan fingerprint density at radius 1 is 1.64 bits per heavy atom. The molecule has 1 atom stereocenters. The molecule has 0 radical (unpaired) electrons. The molecule has 1 heterocycles. The predicted molar refractivity (Wildman–Crippen MR) is 40.1 cm³/mol. The van der Waals surface area contributed by atoms with E-state index in [9.17, 15) is 8.78 Å². The smallest absolute Gasteiger partial charge is 0.351 e. The van der Waals surface area contributed by atoms with Crippen LogP contribution in [0.3, 0.4) is 0 Å². The molecule has 0 saturated heterocycles. The van der Waals surface area contributed by atoms with Crippen LogP contribution in [-0.4, -0.2) is 10.5 Å². The molecule has 0 aliphatic carbocycles. The van der Waals surface area contributed by atoms with E-state index in [4.69, 9.17) is 5.11 Å². The molecule has 1 rings (SSSR count). The molecule has 1 N–H and O–H groups in total. The molecule has 0 spiro atoms. The Balaban J connectivity index is 2.78. The summed E-state index contributed by atoms with van der Waals surface area (Å²) in [4.78, 5) is 0. The number of rotatable bonds is 2. The van der Waals surface area contributed by atoms with Gasteiger partial charge in [0.25, 0.3) is 0 Å². The van der Waals surface area contributed by atoms with Gasteiger partial charge in [0, 0.05) is 0 Å². The van der Waals surface area contributed by atoms with E-state index < -0.39 is 11.5 Å². The summed E-state index contributed by atoms with van der Waals surface area (Å²) >= 11 is 5.83. The normalized spacial score (nSPS) is 14.9. The molecular weight excluding hydrogens is 194 g/mol. The number of hydrogen-bond acceptors (Lipinski definition) is 2. The first-order valence-corrected chi connectivity index (χ1v) is 4.11. The number of thiophene rings is 1. The third-order valence-corrected chi connectivity index (χ3v) is 2.08. The van der Waals surface area contributed by atoms with Gasteiger partial charge in [0.15, 0.2) is 6.10 Å². The fourth-order valence-corrected chi connectivity index (χ4v) is 1.42. The summed E-state index contributed by atoms with van der Waals surface area (Å²) in [5, 5.41) is 8.32. The highest BCUT2D eigenvalue weighted by atomic mass is 35.5. The second-order valence-corrected chi connectivity index (χ2v) is 3.28. The molecule has 0 fully saturated rings. The number of aliphatic hydroxyl groups excluding tert-OH is 1. The Labute approximate surface area is 71.2 Å². The predicted octanol–water partition coefficient (Wildman–Crippen LogP) is 2.61. The number of aliphatic hydroxyl groups is 1. The largest absolute Gasteiger partial charge is 0.381 e. The first-order valence-electron chi connectivity index (χ1n) is 2.78. The molecule has 0 aromatic carbocycles. The van der Waals surface area contributed by atoms with E-state index in [1.807, 2.05) is 0 Å². The molecule has 0 saturated carbocycles. The maximum Gasteiger partial charge on any atom is 0.351 e. The second-order valence-electron chi connectivity index (χ2n) is 2.00. The van der Waals surface area contributed by atoms with Crippen LogP contribution in [0.15, 0.2) is 16.8 Å². The van der Waals surface area contributed by atoms with Gasteiger partial charge in [-0.1, -0.05) is 0 Å². The summed E-state index contributed by atoms with van der Waals surface area (Å²) in [7, 11) is 0. The van der Waals surface area contributed by atoms with Crippen molar-refractivity contribution in [1.82, 2.24) is 0 Å². The van der Waals surface area contributed by atoms with E-state index in [2.05, 4.69) is 11.6 Å². The topological polar surface area (TPSA) is 20.2 Å². The third kappa shape index (κ3) is 2.12. The lowest BCUT2D eigenvalue weighted by atomic mass is 10.2. The van der Waals surface area contributed by atoms with Crippen molar-refractivity contribution in [2.75, 3.05) is 0 Å². The summed E-state index contributed by atoms with van der Waals surface area (Å²) in [6, 6.07) is 1.41. The molecule has 5 heteroatoms. The molecule has 0 bridgehead atoms. The Morgan fingerprint density at radius 3 is 2.64 bits per heavy atom. The lowest BCUT2D eigenvalue weighted by Gasteiger charge is -2.13. The van der Waals surface area contributed by atoms with Gasteiger partial charge in [-0.15, -0.1) is 0 Å². The average molecular weight is 199 g/mol. The van der Waals surface area contributed by atoms with Crippen LogP contribution in [0.25, 0.3) is 0 Å². The van der Waals surface area contributed by atoms with Crippen LogP contribution < -0.4 is 0 Å². The van der Waals surface area contributed by atoms with E-state index in [0.29, 0.717) is 0 Å². The molecule has 1 nitrogen and oxygen atoms in total. The van der Waals surface area contributed by atoms with Crippen LogP contribution in [-0.2, 0) is 0 Å². The minimum Gasteiger partial charge on any atom is -0.381 e. The average Bonchev–Trinajstić information content (AvgIpc) is 2.34. The fourth-order valence-electron chi connectivity index (χ4n) is 0.620. The van der Waals surface area contributed by atoms with E-state index in [0.717, 1.165) is 0 Å². The zero-order valence-electron chi connectivity index (χ0n) is 5.30. The van der Waals surface area contributed by atoms with Crippen LogP contribution in [0.2, 0.25) is 0 Å². The van der Waals surface area contributed by atoms with Gasteiger partial charge in [-0.3, -0.25) is 0 Å². The fraction of sp³-hybridized carbons (Fsp3) is 0.333. The quantitative estimate of drug-likeness (QED) is 0.725. The molecule has 0 aliphatic heterocycles. The summed E-state index contributed by atoms with van der Waals surface area (Å²) in [6.07, 6.45) is -1.91. The van der Waals surface area contributed by atoms with E-state index in [1.54, 1.807) is 5.38 Å². The highest BCUT2D eigenvalue weighted by molar-refractivity contribution is 7.07. The highest BCUT2D eigenvalue weighted by Gasteiger charge is 2.36. The maximum atomic E-state index is 12.2. The summed E-state index contributed by atoms with van der Waals surface area (Å²) in [5.74, 6) is 0. The minimum atomic E-state index is -3.58. The zero-order valence-corrected chi connectivity index (χ0v) is 6.87. The molecule has 0 amide bonds. The number of alkyl halides is 3. The standard InChI is InChI=1S/C6H5ClF2OS/c7-6(8,9)5(10)4-1-2-11-3-4/h1-3,5,10H. The van der Waals surface area contributed by atoms with Crippen LogP contribution in [0.4, 0.5) is 8.78 Å². The van der Waals surface area contributed by atoms with Crippen molar-refractivity contribution in [2.45, 2.75) is 11.5 Å². The van der Waals surface area contributed by atoms with Crippen LogP contribution in [0.5, 0.6) is 0 Å². The Bertz CT molecular complexity index is 219. The van der Waals surface area contributed by atoms with Crippen molar-refractivity contribution in [3.05, 3.63) is 22.4 Å². The van der Waals surface area contributed by atoms with Gasteiger partial charge in [-0.05, 0) is 34.0 Å². The Hall–Kier alpha value is -0.190. The number of halogens is 3. The second kappa shape index (κ2) is 3.05. The van der Waals surface area contributed by atoms with Gasteiger partial charge < -0.3 is 5.11 Å². The van der Waals surface area contributed by atoms with E-state index in [-0.39, 0.29) is 5.56 Å². The summed E-state index contributed by atoms with van der Waals surface area (Å²) in [6.45, 7) is 0. The van der Waals surface area contributed by atoms with Gasteiger partial charge in [-0.2, -0.15) is 20.1 Å². The lowest BCUT2D eigenvalue weighted by Crippen LogP contribution is -2.18. The van der Waals surface area contributed by atoms with Crippen molar-refractivity contribution in [2.24, 2.45) is 0 Å². The van der Waals surface area contributed by atoms with E-state index in [1.165, 1.54) is 22.8 Å². The molecule has 0 aliphatic rings. The SMILES string of the molecule is OC(c1ccsc1)C(F)(F)Cl. The third-order valence-electron chi connectivity index (χ3n) is 1.17. The minimum absolute atomic E-state index is 0.148. The molecule has 1 aromatic heterocycles. The van der Waals surface area contributed by atoms with Crippen LogP contribution in [0, 0.1) is 0 Å². The lowest BCUT2D eigenvalue weighted by molar-refractivity contribution is -0.0422. The first-order chi connectivity index (χ1) is 5.02. The zero-order chi connectivity index (χ0) is 8.48. The van der Waals surface area contributed by atoms with E-state index >= 15 is 0 Å². The molecule has 1 unspecified atom stereocenters. The summed E-state index contributed by atoms with van der Waals surface area (Å²) in [5.41, 5.74) is 0.148. The van der Waals surface area contributed by atoms with Crippen LogP contribution in [0.1, 0.15) is 11.7 Å². The molecule has 11 heavy (non-hydrogen) atoms. The van der Waals surface area contributed by atoms with Crippen molar-refractivity contribution < 1.29 is 13.9 Å². The molecule has 1 aromatic rings. The van der Waals surface area contributed by atoms with Crippen molar-refractivity contribution in [3.63, 3.8) is 0 Å².